The first-order valence-corrected chi connectivity index (χ1v) is 8.02. The van der Waals surface area contributed by atoms with Crippen LogP contribution in [0.4, 0.5) is 5.95 Å². The average molecular weight is 352 g/mol. The Morgan fingerprint density at radius 1 is 1.04 bits per heavy atom. The van der Waals surface area contributed by atoms with Crippen LogP contribution >= 0.6 is 11.6 Å². The Hall–Kier alpha value is -3.12. The lowest BCUT2D eigenvalue weighted by atomic mass is 10.1. The molecular formula is C18H14ClN5O. The molecule has 7 heteroatoms. The van der Waals surface area contributed by atoms with E-state index in [1.807, 2.05) is 48.5 Å². The van der Waals surface area contributed by atoms with E-state index in [0.29, 0.717) is 17.4 Å². The van der Waals surface area contributed by atoms with Crippen LogP contribution < -0.4 is 10.5 Å². The molecule has 0 atom stereocenters. The first kappa shape index (κ1) is 15.4. The van der Waals surface area contributed by atoms with Gasteiger partial charge in [-0.15, -0.1) is 5.10 Å². The van der Waals surface area contributed by atoms with Crippen LogP contribution in [0.5, 0.6) is 5.75 Å². The Labute approximate surface area is 148 Å². The third kappa shape index (κ3) is 3.25. The number of nitrogen functional groups attached to an aromatic ring is 1. The molecule has 3 aromatic heterocycles. The molecule has 0 unspecified atom stereocenters. The lowest BCUT2D eigenvalue weighted by molar-refractivity contribution is 0.306. The largest absolute Gasteiger partial charge is 0.489 e. The van der Waals surface area contributed by atoms with Gasteiger partial charge in [0.1, 0.15) is 17.5 Å². The van der Waals surface area contributed by atoms with Gasteiger partial charge in [0, 0.05) is 17.3 Å². The molecule has 2 N–H and O–H groups in total. The second-order valence-corrected chi connectivity index (χ2v) is 5.84. The van der Waals surface area contributed by atoms with Crippen molar-refractivity contribution >= 4 is 23.2 Å². The Kier molecular flexibility index (Phi) is 3.95. The van der Waals surface area contributed by atoms with Crippen molar-refractivity contribution in [1.29, 1.82) is 0 Å². The fourth-order valence-electron chi connectivity index (χ4n) is 2.52. The van der Waals surface area contributed by atoms with Crippen LogP contribution in [0, 0.1) is 0 Å². The highest BCUT2D eigenvalue weighted by Crippen LogP contribution is 2.23. The Bertz CT molecular complexity index is 1010. The number of anilines is 1. The molecule has 0 saturated carbocycles. The van der Waals surface area contributed by atoms with Crippen LogP contribution in [-0.2, 0) is 6.61 Å². The second-order valence-electron chi connectivity index (χ2n) is 5.45. The summed E-state index contributed by atoms with van der Waals surface area (Å²) < 4.78 is 7.50. The van der Waals surface area contributed by atoms with E-state index in [4.69, 9.17) is 22.1 Å². The zero-order chi connectivity index (χ0) is 17.2. The maximum absolute atomic E-state index is 5.78. The SMILES string of the molecule is Nc1nc2cccc(-c3ccc(OCc4ccc(Cl)nc4)cc3)n2n1. The van der Waals surface area contributed by atoms with Crippen molar-refractivity contribution in [3.63, 3.8) is 0 Å². The van der Waals surface area contributed by atoms with Crippen molar-refractivity contribution in [1.82, 2.24) is 19.6 Å². The summed E-state index contributed by atoms with van der Waals surface area (Å²) in [6.07, 6.45) is 1.70. The molecule has 0 radical (unpaired) electrons. The molecule has 0 amide bonds. The number of aromatic nitrogens is 4. The highest BCUT2D eigenvalue weighted by Gasteiger charge is 2.07. The Balaban J connectivity index is 1.54. The fourth-order valence-corrected chi connectivity index (χ4v) is 2.63. The second kappa shape index (κ2) is 6.41. The number of rotatable bonds is 4. The molecule has 25 heavy (non-hydrogen) atoms. The summed E-state index contributed by atoms with van der Waals surface area (Å²) in [6, 6.07) is 17.2. The summed E-state index contributed by atoms with van der Waals surface area (Å²) in [5, 5.41) is 4.70. The van der Waals surface area contributed by atoms with E-state index >= 15 is 0 Å². The Morgan fingerprint density at radius 3 is 2.64 bits per heavy atom. The highest BCUT2D eigenvalue weighted by molar-refractivity contribution is 6.29. The van der Waals surface area contributed by atoms with Crippen molar-refractivity contribution < 1.29 is 4.74 Å². The summed E-state index contributed by atoms with van der Waals surface area (Å²) in [5.74, 6) is 1.02. The summed E-state index contributed by atoms with van der Waals surface area (Å²) in [4.78, 5) is 8.21. The summed E-state index contributed by atoms with van der Waals surface area (Å²) in [5.41, 5.74) is 9.27. The summed E-state index contributed by atoms with van der Waals surface area (Å²) >= 11 is 5.78. The van der Waals surface area contributed by atoms with Crippen LogP contribution in [-0.4, -0.2) is 19.6 Å². The number of ether oxygens (including phenoxy) is 1. The predicted octanol–water partition coefficient (Wildman–Crippen LogP) is 3.61. The van der Waals surface area contributed by atoms with Crippen molar-refractivity contribution in [3.8, 4) is 17.0 Å². The van der Waals surface area contributed by atoms with Crippen molar-refractivity contribution in [3.05, 3.63) is 71.5 Å². The number of fused-ring (bicyclic) bond motifs is 1. The average Bonchev–Trinajstić information content (AvgIpc) is 3.02. The molecule has 3 heterocycles. The van der Waals surface area contributed by atoms with E-state index in [-0.39, 0.29) is 5.95 Å². The topological polar surface area (TPSA) is 78.3 Å². The third-order valence-corrected chi connectivity index (χ3v) is 3.94. The minimum Gasteiger partial charge on any atom is -0.489 e. The molecule has 0 aliphatic rings. The smallest absolute Gasteiger partial charge is 0.240 e. The third-order valence-electron chi connectivity index (χ3n) is 3.72. The molecule has 0 spiro atoms. The van der Waals surface area contributed by atoms with Gasteiger partial charge in [-0.1, -0.05) is 23.7 Å². The molecule has 124 valence electrons. The van der Waals surface area contributed by atoms with Crippen molar-refractivity contribution in [2.24, 2.45) is 0 Å². The molecule has 0 saturated heterocycles. The molecule has 0 aliphatic carbocycles. The van der Waals surface area contributed by atoms with Gasteiger partial charge in [-0.3, -0.25) is 0 Å². The molecule has 0 fully saturated rings. The van der Waals surface area contributed by atoms with Gasteiger partial charge >= 0.3 is 0 Å². The number of halogens is 1. The molecule has 1 aromatic carbocycles. The fraction of sp³-hybridized carbons (Fsp3) is 0.0556. The molecule has 6 nitrogen and oxygen atoms in total. The minimum atomic E-state index is 0.254. The van der Waals surface area contributed by atoms with Crippen LogP contribution in [0.25, 0.3) is 16.9 Å². The van der Waals surface area contributed by atoms with Crippen molar-refractivity contribution in [2.75, 3.05) is 5.73 Å². The van der Waals surface area contributed by atoms with Crippen LogP contribution in [0.2, 0.25) is 5.15 Å². The van der Waals surface area contributed by atoms with Crippen LogP contribution in [0.15, 0.2) is 60.8 Å². The number of nitrogens with two attached hydrogens (primary N) is 1. The number of pyridine rings is 2. The highest BCUT2D eigenvalue weighted by atomic mass is 35.5. The maximum atomic E-state index is 5.78. The van der Waals surface area contributed by atoms with Crippen molar-refractivity contribution in [2.45, 2.75) is 6.61 Å². The monoisotopic (exact) mass is 351 g/mol. The molecule has 4 aromatic rings. The van der Waals surface area contributed by atoms with E-state index < -0.39 is 0 Å². The lowest BCUT2D eigenvalue weighted by Crippen LogP contribution is -1.97. The van der Waals surface area contributed by atoms with Gasteiger partial charge < -0.3 is 10.5 Å². The molecule has 0 bridgehead atoms. The molecule has 0 aliphatic heterocycles. The van der Waals surface area contributed by atoms with E-state index in [1.165, 1.54) is 0 Å². The van der Waals surface area contributed by atoms with Gasteiger partial charge in [-0.05, 0) is 42.5 Å². The van der Waals surface area contributed by atoms with E-state index in [9.17, 15) is 0 Å². The van der Waals surface area contributed by atoms with Gasteiger partial charge in [0.15, 0.2) is 5.65 Å². The quantitative estimate of drug-likeness (QED) is 0.568. The normalized spacial score (nSPS) is 10.9. The molecule has 4 rings (SSSR count). The van der Waals surface area contributed by atoms with E-state index in [1.54, 1.807) is 16.8 Å². The first-order valence-electron chi connectivity index (χ1n) is 7.64. The number of hydrogen-bond donors (Lipinski definition) is 1. The molecular weight excluding hydrogens is 338 g/mol. The van der Waals surface area contributed by atoms with Gasteiger partial charge in [-0.2, -0.15) is 4.98 Å². The minimum absolute atomic E-state index is 0.254. The van der Waals surface area contributed by atoms with Gasteiger partial charge in [0.2, 0.25) is 5.95 Å². The first-order chi connectivity index (χ1) is 12.2. The van der Waals surface area contributed by atoms with Crippen LogP contribution in [0.3, 0.4) is 0 Å². The lowest BCUT2D eigenvalue weighted by Gasteiger charge is -2.08. The van der Waals surface area contributed by atoms with Gasteiger partial charge in [0.25, 0.3) is 0 Å². The number of hydrogen-bond acceptors (Lipinski definition) is 5. The summed E-state index contributed by atoms with van der Waals surface area (Å²) in [6.45, 7) is 0.429. The zero-order valence-corrected chi connectivity index (χ0v) is 13.9. The van der Waals surface area contributed by atoms with Gasteiger partial charge in [0.05, 0.1) is 5.69 Å². The van der Waals surface area contributed by atoms with E-state index in [2.05, 4.69) is 15.1 Å². The summed E-state index contributed by atoms with van der Waals surface area (Å²) in [7, 11) is 0. The standard InChI is InChI=1S/C18H14ClN5O/c19-16-9-4-12(10-21-16)11-25-14-7-5-13(6-8-14)15-2-1-3-17-22-18(20)23-24(15)17/h1-10H,11H2,(H2,20,23). The Morgan fingerprint density at radius 2 is 1.88 bits per heavy atom. The number of nitrogens with zero attached hydrogens (tertiary/aromatic N) is 4. The van der Waals surface area contributed by atoms with E-state index in [0.717, 1.165) is 22.6 Å². The van der Waals surface area contributed by atoms with Gasteiger partial charge in [-0.25, -0.2) is 9.50 Å². The predicted molar refractivity (Wildman–Crippen MR) is 96.4 cm³/mol. The van der Waals surface area contributed by atoms with Crippen LogP contribution in [0.1, 0.15) is 5.56 Å². The number of benzene rings is 1. The maximum Gasteiger partial charge on any atom is 0.240 e. The zero-order valence-electron chi connectivity index (χ0n) is 13.1.